The molecule has 24 heavy (non-hydrogen) atoms. The molecule has 0 aromatic carbocycles. The molecular formula is C21H32O3. The molecule has 0 bridgehead atoms. The van der Waals surface area contributed by atoms with Crippen molar-refractivity contribution in [3.05, 3.63) is 0 Å². The number of aliphatic hydroxyl groups excluding tert-OH is 1. The van der Waals surface area contributed by atoms with Gasteiger partial charge in [-0.05, 0) is 87.4 Å². The number of ketones is 1. The van der Waals surface area contributed by atoms with Crippen LogP contribution in [-0.4, -0.2) is 28.7 Å². The molecule has 0 radical (unpaired) electrons. The van der Waals surface area contributed by atoms with E-state index < -0.39 is 5.60 Å². The zero-order chi connectivity index (χ0) is 16.9. The van der Waals surface area contributed by atoms with Crippen molar-refractivity contribution < 1.29 is 14.6 Å². The third-order valence-corrected chi connectivity index (χ3v) is 9.59. The van der Waals surface area contributed by atoms with Gasteiger partial charge in [-0.1, -0.05) is 13.8 Å². The van der Waals surface area contributed by atoms with E-state index in [1.165, 1.54) is 25.7 Å². The first-order valence-corrected chi connectivity index (χ1v) is 10.2. The molecule has 1 N–H and O–H groups in total. The number of ether oxygens (including phenoxy) is 1. The fourth-order valence-corrected chi connectivity index (χ4v) is 8.30. The van der Waals surface area contributed by atoms with Crippen LogP contribution in [0, 0.1) is 34.5 Å². The summed E-state index contributed by atoms with van der Waals surface area (Å²) in [5.41, 5.74) is 0.0612. The summed E-state index contributed by atoms with van der Waals surface area (Å²) in [6.07, 6.45) is 9.45. The van der Waals surface area contributed by atoms with E-state index in [1.807, 2.05) is 0 Å². The highest BCUT2D eigenvalue weighted by atomic mass is 16.6. The molecule has 0 aromatic rings. The van der Waals surface area contributed by atoms with Crippen LogP contribution in [-0.2, 0) is 9.53 Å². The Morgan fingerprint density at radius 3 is 2.58 bits per heavy atom. The number of hydrogen-bond donors (Lipinski definition) is 1. The van der Waals surface area contributed by atoms with Crippen LogP contribution in [0.25, 0.3) is 0 Å². The van der Waals surface area contributed by atoms with E-state index >= 15 is 0 Å². The minimum absolute atomic E-state index is 0.0676. The molecule has 1 aliphatic heterocycles. The van der Waals surface area contributed by atoms with E-state index in [4.69, 9.17) is 4.74 Å². The number of rotatable bonds is 1. The number of epoxide rings is 1. The first-order chi connectivity index (χ1) is 11.3. The number of carbonyl (C=O) groups excluding carboxylic acids is 1. The average Bonchev–Trinajstić information content (AvgIpc) is 3.21. The van der Waals surface area contributed by atoms with Crippen LogP contribution in [0.4, 0.5) is 0 Å². The Labute approximate surface area is 145 Å². The van der Waals surface area contributed by atoms with Gasteiger partial charge in [-0.3, -0.25) is 4.79 Å². The molecule has 0 unspecified atom stereocenters. The van der Waals surface area contributed by atoms with Crippen molar-refractivity contribution in [1.29, 1.82) is 0 Å². The average molecular weight is 332 g/mol. The van der Waals surface area contributed by atoms with Gasteiger partial charge in [0, 0.05) is 5.41 Å². The van der Waals surface area contributed by atoms with Crippen molar-refractivity contribution in [3.8, 4) is 0 Å². The first kappa shape index (κ1) is 15.8. The van der Waals surface area contributed by atoms with Crippen LogP contribution in [0.5, 0.6) is 0 Å². The van der Waals surface area contributed by atoms with Gasteiger partial charge in [0.1, 0.15) is 0 Å². The predicted molar refractivity (Wildman–Crippen MR) is 91.4 cm³/mol. The molecule has 5 fully saturated rings. The lowest BCUT2D eigenvalue weighted by atomic mass is 9.44. The maximum atomic E-state index is 12.4. The summed E-state index contributed by atoms with van der Waals surface area (Å²) >= 11 is 0. The van der Waals surface area contributed by atoms with Crippen molar-refractivity contribution >= 4 is 5.78 Å². The Kier molecular flexibility index (Phi) is 3.06. The molecular weight excluding hydrogens is 300 g/mol. The highest BCUT2D eigenvalue weighted by Gasteiger charge is 2.79. The van der Waals surface area contributed by atoms with Gasteiger partial charge in [-0.2, -0.15) is 0 Å². The summed E-state index contributed by atoms with van der Waals surface area (Å²) in [6.45, 7) is 6.64. The van der Waals surface area contributed by atoms with Crippen LogP contribution in [0.2, 0.25) is 0 Å². The minimum atomic E-state index is -0.427. The Hall–Kier alpha value is -0.410. The topological polar surface area (TPSA) is 49.8 Å². The van der Waals surface area contributed by atoms with E-state index in [2.05, 4.69) is 13.8 Å². The second-order valence-electron chi connectivity index (χ2n) is 10.2. The van der Waals surface area contributed by atoms with Crippen LogP contribution < -0.4 is 0 Å². The molecule has 5 rings (SSSR count). The molecule has 4 saturated carbocycles. The van der Waals surface area contributed by atoms with Crippen molar-refractivity contribution in [3.63, 3.8) is 0 Å². The highest BCUT2D eigenvalue weighted by Crippen LogP contribution is 2.73. The molecule has 0 aromatic heterocycles. The molecule has 1 heterocycles. The number of Topliss-reactive ketones (excluding diaryl/α,β-unsaturated/α-hetero) is 1. The largest absolute Gasteiger partial charge is 0.393 e. The quantitative estimate of drug-likeness (QED) is 0.745. The van der Waals surface area contributed by atoms with Crippen LogP contribution in [0.1, 0.15) is 72.1 Å². The number of carbonyl (C=O) groups is 1. The third-order valence-electron chi connectivity index (χ3n) is 9.59. The molecule has 0 amide bonds. The normalized spacial score (nSPS) is 61.3. The summed E-state index contributed by atoms with van der Waals surface area (Å²) in [7, 11) is 0. The second-order valence-corrected chi connectivity index (χ2v) is 10.2. The van der Waals surface area contributed by atoms with Gasteiger partial charge in [-0.15, -0.1) is 0 Å². The summed E-state index contributed by atoms with van der Waals surface area (Å²) < 4.78 is 6.02. The third kappa shape index (κ3) is 1.65. The van der Waals surface area contributed by atoms with E-state index in [-0.39, 0.29) is 23.4 Å². The standard InChI is InChI=1S/C21H32O3/c1-12(22)21-18(24-21)11-17-15-5-4-13-10-14(23)6-8-19(13,2)16(15)7-9-20(17,21)3/h13-18,23H,4-11H2,1-3H3/t13-,14+,15+,16-,17+,18-,19-,20+,21-/m0/s1. The van der Waals surface area contributed by atoms with Crippen LogP contribution in [0.3, 0.4) is 0 Å². The van der Waals surface area contributed by atoms with Gasteiger partial charge < -0.3 is 9.84 Å². The zero-order valence-corrected chi connectivity index (χ0v) is 15.4. The van der Waals surface area contributed by atoms with Gasteiger partial charge >= 0.3 is 0 Å². The highest BCUT2D eigenvalue weighted by molar-refractivity contribution is 5.90. The summed E-state index contributed by atoms with van der Waals surface area (Å²) in [6, 6.07) is 0. The number of hydrogen-bond acceptors (Lipinski definition) is 3. The molecule has 4 aliphatic carbocycles. The smallest absolute Gasteiger partial charge is 0.164 e. The summed E-state index contributed by atoms with van der Waals surface area (Å²) in [5, 5.41) is 10.1. The molecule has 0 spiro atoms. The Balaban J connectivity index is 1.47. The molecule has 9 atom stereocenters. The van der Waals surface area contributed by atoms with Crippen molar-refractivity contribution in [2.45, 2.75) is 89.9 Å². The van der Waals surface area contributed by atoms with Gasteiger partial charge in [0.05, 0.1) is 12.2 Å². The summed E-state index contributed by atoms with van der Waals surface area (Å²) in [4.78, 5) is 12.4. The lowest BCUT2D eigenvalue weighted by molar-refractivity contribution is -0.151. The Morgan fingerprint density at radius 1 is 1.04 bits per heavy atom. The predicted octanol–water partition coefficient (Wildman–Crippen LogP) is 3.73. The van der Waals surface area contributed by atoms with Crippen LogP contribution in [0.15, 0.2) is 0 Å². The van der Waals surface area contributed by atoms with E-state index in [0.29, 0.717) is 17.3 Å². The van der Waals surface area contributed by atoms with Crippen LogP contribution >= 0.6 is 0 Å². The zero-order valence-electron chi connectivity index (χ0n) is 15.4. The van der Waals surface area contributed by atoms with Gasteiger partial charge in [0.15, 0.2) is 11.4 Å². The van der Waals surface area contributed by atoms with Gasteiger partial charge in [0.25, 0.3) is 0 Å². The van der Waals surface area contributed by atoms with E-state index in [1.54, 1.807) is 6.92 Å². The van der Waals surface area contributed by atoms with Gasteiger partial charge in [-0.25, -0.2) is 0 Å². The molecule has 134 valence electrons. The maximum Gasteiger partial charge on any atom is 0.164 e. The van der Waals surface area contributed by atoms with E-state index in [0.717, 1.165) is 37.5 Å². The lowest BCUT2D eigenvalue weighted by Gasteiger charge is -2.61. The number of aliphatic hydroxyl groups is 1. The summed E-state index contributed by atoms with van der Waals surface area (Å²) in [5.74, 6) is 3.22. The molecule has 3 heteroatoms. The first-order valence-electron chi connectivity index (χ1n) is 10.2. The molecule has 1 saturated heterocycles. The SMILES string of the molecule is CC(=O)[C@]12O[C@H]1C[C@@H]1[C@@H]3CC[C@H]4C[C@H](O)CC[C@]4(C)[C@H]3CC[C@]12C. The van der Waals surface area contributed by atoms with Crippen molar-refractivity contribution in [2.24, 2.45) is 34.5 Å². The molecule has 3 nitrogen and oxygen atoms in total. The van der Waals surface area contributed by atoms with Crippen molar-refractivity contribution in [1.82, 2.24) is 0 Å². The second kappa shape index (κ2) is 4.65. The Bertz CT molecular complexity index is 588. The monoisotopic (exact) mass is 332 g/mol. The van der Waals surface area contributed by atoms with Gasteiger partial charge in [0.2, 0.25) is 0 Å². The minimum Gasteiger partial charge on any atom is -0.393 e. The fraction of sp³-hybridized carbons (Fsp3) is 0.952. The maximum absolute atomic E-state index is 12.4. The number of fused-ring (bicyclic) bond motifs is 7. The fourth-order valence-electron chi connectivity index (χ4n) is 8.30. The Morgan fingerprint density at radius 2 is 1.83 bits per heavy atom. The molecule has 5 aliphatic rings. The lowest BCUT2D eigenvalue weighted by Crippen LogP contribution is -2.56. The van der Waals surface area contributed by atoms with Crippen molar-refractivity contribution in [2.75, 3.05) is 0 Å². The van der Waals surface area contributed by atoms with E-state index in [9.17, 15) is 9.90 Å².